The van der Waals surface area contributed by atoms with Gasteiger partial charge in [-0.15, -0.1) is 11.8 Å². The first kappa shape index (κ1) is 10.1. The fourth-order valence-electron chi connectivity index (χ4n) is 1.81. The zero-order valence-electron chi connectivity index (χ0n) is 7.87. The molecule has 0 amide bonds. The summed E-state index contributed by atoms with van der Waals surface area (Å²) >= 11 is 7.78. The Hall–Kier alpha value is -0.470. The van der Waals surface area contributed by atoms with Crippen LogP contribution >= 0.6 is 23.4 Å². The Balaban J connectivity index is 2.39. The maximum absolute atomic E-state index is 11.7. The second kappa shape index (κ2) is 3.95. The number of carbonyl (C=O) groups excluding carboxylic acids is 1. The van der Waals surface area contributed by atoms with E-state index in [1.165, 1.54) is 0 Å². The fourth-order valence-corrected chi connectivity index (χ4v) is 3.17. The number of hydrogen-bond acceptors (Lipinski definition) is 2. The van der Waals surface area contributed by atoms with E-state index in [1.807, 2.05) is 24.3 Å². The molecule has 1 aromatic rings. The highest BCUT2D eigenvalue weighted by atomic mass is 35.5. The molecule has 1 aliphatic heterocycles. The van der Waals surface area contributed by atoms with E-state index < -0.39 is 0 Å². The van der Waals surface area contributed by atoms with Gasteiger partial charge in [-0.1, -0.05) is 36.7 Å². The van der Waals surface area contributed by atoms with Crippen LogP contribution < -0.4 is 0 Å². The average Bonchev–Trinajstić information content (AvgIpc) is 2.48. The molecule has 74 valence electrons. The molecule has 1 saturated heterocycles. The van der Waals surface area contributed by atoms with Crippen LogP contribution in [0.5, 0.6) is 0 Å². The Labute approximate surface area is 92.8 Å². The van der Waals surface area contributed by atoms with Crippen LogP contribution in [-0.2, 0) is 4.79 Å². The van der Waals surface area contributed by atoms with E-state index in [-0.39, 0.29) is 5.92 Å². The van der Waals surface area contributed by atoms with E-state index in [1.54, 1.807) is 11.8 Å². The summed E-state index contributed by atoms with van der Waals surface area (Å²) in [6.07, 6.45) is 0. The van der Waals surface area contributed by atoms with Gasteiger partial charge in [0.05, 0.1) is 11.7 Å². The van der Waals surface area contributed by atoms with Gasteiger partial charge >= 0.3 is 0 Å². The molecule has 0 bridgehead atoms. The number of benzene rings is 1. The summed E-state index contributed by atoms with van der Waals surface area (Å²) in [5.74, 6) is 0.918. The second-order valence-electron chi connectivity index (χ2n) is 3.48. The lowest BCUT2D eigenvalue weighted by Crippen LogP contribution is -2.14. The highest BCUT2D eigenvalue weighted by Crippen LogP contribution is 2.39. The van der Waals surface area contributed by atoms with Gasteiger partial charge in [0.1, 0.15) is 0 Å². The highest BCUT2D eigenvalue weighted by Gasteiger charge is 2.34. The van der Waals surface area contributed by atoms with E-state index in [9.17, 15) is 4.79 Å². The molecule has 2 atom stereocenters. The predicted octanol–water partition coefficient (Wildman–Crippen LogP) is 3.13. The first-order chi connectivity index (χ1) is 6.70. The third kappa shape index (κ3) is 1.69. The van der Waals surface area contributed by atoms with Crippen molar-refractivity contribution in [3.8, 4) is 0 Å². The second-order valence-corrected chi connectivity index (χ2v) is 5.25. The summed E-state index contributed by atoms with van der Waals surface area (Å²) < 4.78 is 0. The highest BCUT2D eigenvalue weighted by molar-refractivity contribution is 8.01. The van der Waals surface area contributed by atoms with Crippen LogP contribution in [0.15, 0.2) is 24.3 Å². The summed E-state index contributed by atoms with van der Waals surface area (Å²) in [5.41, 5.74) is 0.983. The molecule has 0 aromatic heterocycles. The number of ketones is 1. The zero-order chi connectivity index (χ0) is 10.1. The minimum Gasteiger partial charge on any atom is -0.298 e. The molecule has 1 aliphatic rings. The van der Waals surface area contributed by atoms with Gasteiger partial charge in [-0.05, 0) is 11.6 Å². The quantitative estimate of drug-likeness (QED) is 0.732. The summed E-state index contributed by atoms with van der Waals surface area (Å²) in [6.45, 7) is 2.09. The third-order valence-corrected chi connectivity index (χ3v) is 4.14. The predicted molar refractivity (Wildman–Crippen MR) is 61.1 cm³/mol. The standard InChI is InChI=1S/C11H11ClOS/c1-7-11(10(13)6-14-7)8-4-2-3-5-9(8)12/h2-5,7,11H,6H2,1H3. The molecule has 1 fully saturated rings. The molecule has 0 saturated carbocycles. The first-order valence-corrected chi connectivity index (χ1v) is 6.01. The SMILES string of the molecule is CC1SCC(=O)C1c1ccccc1Cl. The number of hydrogen-bond donors (Lipinski definition) is 0. The van der Waals surface area contributed by atoms with Crippen molar-refractivity contribution in [2.24, 2.45) is 0 Å². The van der Waals surface area contributed by atoms with Crippen molar-refractivity contribution >= 4 is 29.1 Å². The smallest absolute Gasteiger partial charge is 0.151 e. The number of rotatable bonds is 1. The third-order valence-electron chi connectivity index (χ3n) is 2.55. The summed E-state index contributed by atoms with van der Waals surface area (Å²) in [4.78, 5) is 11.7. The molecule has 3 heteroatoms. The Morgan fingerprint density at radius 2 is 2.14 bits per heavy atom. The van der Waals surface area contributed by atoms with Crippen molar-refractivity contribution in [3.63, 3.8) is 0 Å². The Morgan fingerprint density at radius 1 is 1.43 bits per heavy atom. The molecule has 0 radical (unpaired) electrons. The van der Waals surface area contributed by atoms with Gasteiger partial charge in [0, 0.05) is 10.3 Å². The molecular formula is C11H11ClOS. The van der Waals surface area contributed by atoms with E-state index in [2.05, 4.69) is 6.92 Å². The molecule has 0 N–H and O–H groups in total. The Bertz CT molecular complexity index is 364. The van der Waals surface area contributed by atoms with Gasteiger partial charge in [0.15, 0.2) is 5.78 Å². The maximum Gasteiger partial charge on any atom is 0.151 e. The number of Topliss-reactive ketones (excluding diaryl/α,β-unsaturated/α-hetero) is 1. The van der Waals surface area contributed by atoms with Crippen LogP contribution in [0.4, 0.5) is 0 Å². The van der Waals surface area contributed by atoms with Crippen molar-refractivity contribution in [1.82, 2.24) is 0 Å². The van der Waals surface area contributed by atoms with Crippen molar-refractivity contribution in [2.75, 3.05) is 5.75 Å². The van der Waals surface area contributed by atoms with Gasteiger partial charge in [-0.25, -0.2) is 0 Å². The molecule has 1 aromatic carbocycles. The van der Waals surface area contributed by atoms with Crippen LogP contribution in [-0.4, -0.2) is 16.8 Å². The van der Waals surface area contributed by atoms with Crippen molar-refractivity contribution in [2.45, 2.75) is 18.1 Å². The largest absolute Gasteiger partial charge is 0.298 e. The molecule has 2 rings (SSSR count). The van der Waals surface area contributed by atoms with Gasteiger partial charge in [0.25, 0.3) is 0 Å². The molecule has 14 heavy (non-hydrogen) atoms. The van der Waals surface area contributed by atoms with Crippen LogP contribution in [0, 0.1) is 0 Å². The van der Waals surface area contributed by atoms with Crippen LogP contribution in [0.1, 0.15) is 18.4 Å². The molecular weight excluding hydrogens is 216 g/mol. The minimum absolute atomic E-state index is 0.00583. The fraction of sp³-hybridized carbons (Fsp3) is 0.364. The lowest BCUT2D eigenvalue weighted by atomic mass is 9.93. The lowest BCUT2D eigenvalue weighted by molar-refractivity contribution is -0.117. The van der Waals surface area contributed by atoms with Crippen LogP contribution in [0.3, 0.4) is 0 Å². The van der Waals surface area contributed by atoms with Gasteiger partial charge in [-0.2, -0.15) is 0 Å². The van der Waals surface area contributed by atoms with Crippen LogP contribution in [0.2, 0.25) is 5.02 Å². The van der Waals surface area contributed by atoms with E-state index in [0.717, 1.165) is 5.56 Å². The van der Waals surface area contributed by atoms with E-state index in [4.69, 9.17) is 11.6 Å². The van der Waals surface area contributed by atoms with Gasteiger partial charge in [0.2, 0.25) is 0 Å². The summed E-state index contributed by atoms with van der Waals surface area (Å²) in [5, 5.41) is 1.06. The number of halogens is 1. The van der Waals surface area contributed by atoms with E-state index in [0.29, 0.717) is 21.8 Å². The summed E-state index contributed by atoms with van der Waals surface area (Å²) in [6, 6.07) is 7.63. The zero-order valence-corrected chi connectivity index (χ0v) is 9.44. The van der Waals surface area contributed by atoms with Crippen molar-refractivity contribution in [1.29, 1.82) is 0 Å². The monoisotopic (exact) mass is 226 g/mol. The minimum atomic E-state index is -0.00583. The molecule has 2 unspecified atom stereocenters. The molecule has 1 nitrogen and oxygen atoms in total. The van der Waals surface area contributed by atoms with Crippen LogP contribution in [0.25, 0.3) is 0 Å². The lowest BCUT2D eigenvalue weighted by Gasteiger charge is -2.14. The topological polar surface area (TPSA) is 17.1 Å². The van der Waals surface area contributed by atoms with Crippen molar-refractivity contribution < 1.29 is 4.79 Å². The van der Waals surface area contributed by atoms with Gasteiger partial charge < -0.3 is 0 Å². The summed E-state index contributed by atoms with van der Waals surface area (Å²) in [7, 11) is 0. The maximum atomic E-state index is 11.7. The average molecular weight is 227 g/mol. The first-order valence-electron chi connectivity index (χ1n) is 4.59. The molecule has 0 spiro atoms. The molecule has 0 aliphatic carbocycles. The van der Waals surface area contributed by atoms with Gasteiger partial charge in [-0.3, -0.25) is 4.79 Å². The Morgan fingerprint density at radius 3 is 2.71 bits per heavy atom. The van der Waals surface area contributed by atoms with E-state index >= 15 is 0 Å². The number of thioether (sulfide) groups is 1. The Kier molecular flexibility index (Phi) is 2.84. The normalized spacial score (nSPS) is 26.9. The molecule has 1 heterocycles. The van der Waals surface area contributed by atoms with Crippen molar-refractivity contribution in [3.05, 3.63) is 34.9 Å². The number of carbonyl (C=O) groups is 1.